The topological polar surface area (TPSA) is 71.7 Å². The van der Waals surface area contributed by atoms with E-state index < -0.39 is 0 Å². The third-order valence-corrected chi connectivity index (χ3v) is 4.04. The number of piperazine rings is 1. The number of nitrogens with zero attached hydrogens (tertiary/aromatic N) is 4. The molecule has 24 heavy (non-hydrogen) atoms. The quantitative estimate of drug-likeness (QED) is 0.825. The average molecular weight is 330 g/mol. The van der Waals surface area contributed by atoms with Crippen molar-refractivity contribution in [1.82, 2.24) is 19.9 Å². The van der Waals surface area contributed by atoms with E-state index in [0.29, 0.717) is 31.3 Å². The van der Waals surface area contributed by atoms with Gasteiger partial charge in [-0.1, -0.05) is 22.9 Å². The number of aryl methyl sites for hydroxylation is 2. The Bertz CT molecular complexity index is 675. The molecule has 1 fully saturated rings. The summed E-state index contributed by atoms with van der Waals surface area (Å²) in [7, 11) is 0. The van der Waals surface area contributed by atoms with Crippen LogP contribution in [0.15, 0.2) is 28.8 Å². The van der Waals surface area contributed by atoms with Crippen LogP contribution in [0.4, 0.5) is 0 Å². The molecule has 2 aromatic rings. The fourth-order valence-electron chi connectivity index (χ4n) is 2.62. The monoisotopic (exact) mass is 330 g/mol. The molecule has 0 aliphatic carbocycles. The lowest BCUT2D eigenvalue weighted by molar-refractivity contribution is -0.135. The van der Waals surface area contributed by atoms with E-state index >= 15 is 0 Å². The highest BCUT2D eigenvalue weighted by Gasteiger charge is 2.22. The molecular weight excluding hydrogens is 308 g/mol. The lowest BCUT2D eigenvalue weighted by Crippen LogP contribution is -2.49. The normalized spacial score (nSPS) is 15.5. The van der Waals surface area contributed by atoms with E-state index in [4.69, 9.17) is 9.26 Å². The van der Waals surface area contributed by atoms with Gasteiger partial charge in [0, 0.05) is 26.2 Å². The van der Waals surface area contributed by atoms with E-state index in [1.54, 1.807) is 6.92 Å². The minimum absolute atomic E-state index is 0.0175. The van der Waals surface area contributed by atoms with Crippen LogP contribution in [-0.4, -0.2) is 58.6 Å². The molecule has 1 aliphatic rings. The van der Waals surface area contributed by atoms with Crippen LogP contribution in [0.1, 0.15) is 17.3 Å². The van der Waals surface area contributed by atoms with Crippen LogP contribution in [-0.2, 0) is 11.3 Å². The second-order valence-electron chi connectivity index (χ2n) is 5.99. The Balaban J connectivity index is 1.42. The molecule has 0 unspecified atom stereocenters. The Labute approximate surface area is 141 Å². The van der Waals surface area contributed by atoms with Gasteiger partial charge in [-0.25, -0.2) is 0 Å². The first-order valence-corrected chi connectivity index (χ1v) is 8.09. The number of rotatable bonds is 5. The summed E-state index contributed by atoms with van der Waals surface area (Å²) in [6.07, 6.45) is 0. The molecule has 1 aliphatic heterocycles. The molecule has 2 heterocycles. The number of hydrogen-bond acceptors (Lipinski definition) is 6. The first kappa shape index (κ1) is 16.4. The third-order valence-electron chi connectivity index (χ3n) is 4.04. The number of ether oxygens (including phenoxy) is 1. The lowest BCUT2D eigenvalue weighted by Gasteiger charge is -2.33. The Morgan fingerprint density at radius 3 is 2.50 bits per heavy atom. The maximum atomic E-state index is 12.2. The maximum Gasteiger partial charge on any atom is 0.260 e. The Hall–Kier alpha value is -2.41. The van der Waals surface area contributed by atoms with Crippen LogP contribution < -0.4 is 4.74 Å². The number of aromatic nitrogens is 2. The van der Waals surface area contributed by atoms with Crippen LogP contribution in [0.25, 0.3) is 0 Å². The van der Waals surface area contributed by atoms with E-state index in [1.165, 1.54) is 5.56 Å². The maximum absolute atomic E-state index is 12.2. The van der Waals surface area contributed by atoms with E-state index in [9.17, 15) is 4.79 Å². The summed E-state index contributed by atoms with van der Waals surface area (Å²) in [5, 5.41) is 3.79. The van der Waals surface area contributed by atoms with Gasteiger partial charge < -0.3 is 14.2 Å². The van der Waals surface area contributed by atoms with Crippen molar-refractivity contribution in [3.63, 3.8) is 0 Å². The molecule has 3 rings (SSSR count). The van der Waals surface area contributed by atoms with Gasteiger partial charge in [-0.05, 0) is 26.0 Å². The number of carbonyl (C=O) groups excluding carboxylic acids is 1. The Morgan fingerprint density at radius 1 is 1.17 bits per heavy atom. The second kappa shape index (κ2) is 7.44. The summed E-state index contributed by atoms with van der Waals surface area (Å²) < 4.78 is 10.7. The number of benzene rings is 1. The highest BCUT2D eigenvalue weighted by atomic mass is 16.5. The standard InChI is InChI=1S/C17H22N4O3/c1-13-3-5-15(6-4-13)23-12-17(22)21-9-7-20(8-10-21)11-16-18-14(2)19-24-16/h3-6H,7-12H2,1-2H3. The van der Waals surface area contributed by atoms with Crippen molar-refractivity contribution in [2.24, 2.45) is 0 Å². The fourth-order valence-corrected chi connectivity index (χ4v) is 2.62. The second-order valence-corrected chi connectivity index (χ2v) is 5.99. The predicted molar refractivity (Wildman–Crippen MR) is 87.6 cm³/mol. The van der Waals surface area contributed by atoms with Crippen molar-refractivity contribution >= 4 is 5.91 Å². The van der Waals surface area contributed by atoms with Gasteiger partial charge in [-0.2, -0.15) is 4.98 Å². The van der Waals surface area contributed by atoms with Gasteiger partial charge in [-0.15, -0.1) is 0 Å². The molecule has 0 spiro atoms. The highest BCUT2D eigenvalue weighted by molar-refractivity contribution is 5.77. The fraction of sp³-hybridized carbons (Fsp3) is 0.471. The summed E-state index contributed by atoms with van der Waals surface area (Å²) >= 11 is 0. The molecule has 0 bridgehead atoms. The molecular formula is C17H22N4O3. The zero-order valence-electron chi connectivity index (χ0n) is 14.1. The molecule has 1 amide bonds. The van der Waals surface area contributed by atoms with Gasteiger partial charge in [0.15, 0.2) is 12.4 Å². The van der Waals surface area contributed by atoms with E-state index in [0.717, 1.165) is 18.8 Å². The zero-order valence-corrected chi connectivity index (χ0v) is 14.1. The lowest BCUT2D eigenvalue weighted by atomic mass is 10.2. The highest BCUT2D eigenvalue weighted by Crippen LogP contribution is 2.12. The number of hydrogen-bond donors (Lipinski definition) is 0. The molecule has 1 aromatic heterocycles. The average Bonchev–Trinajstić information content (AvgIpc) is 2.99. The van der Waals surface area contributed by atoms with Crippen molar-refractivity contribution < 1.29 is 14.1 Å². The summed E-state index contributed by atoms with van der Waals surface area (Å²) in [6.45, 7) is 7.47. The number of amides is 1. The first-order chi connectivity index (χ1) is 11.6. The molecule has 7 nitrogen and oxygen atoms in total. The number of carbonyl (C=O) groups is 1. The molecule has 7 heteroatoms. The largest absolute Gasteiger partial charge is 0.484 e. The van der Waals surface area contributed by atoms with Crippen LogP contribution in [0.5, 0.6) is 5.75 Å². The van der Waals surface area contributed by atoms with E-state index in [1.807, 2.05) is 36.1 Å². The van der Waals surface area contributed by atoms with E-state index in [-0.39, 0.29) is 12.5 Å². The predicted octanol–water partition coefficient (Wildman–Crippen LogP) is 1.41. The third kappa shape index (κ3) is 4.32. The minimum atomic E-state index is 0.0175. The van der Waals surface area contributed by atoms with Gasteiger partial charge in [0.1, 0.15) is 5.75 Å². The SMILES string of the molecule is Cc1ccc(OCC(=O)N2CCN(Cc3nc(C)no3)CC2)cc1. The molecule has 128 valence electrons. The van der Waals surface area contributed by atoms with Crippen molar-refractivity contribution in [2.45, 2.75) is 20.4 Å². The van der Waals surface area contributed by atoms with Gasteiger partial charge in [0.25, 0.3) is 5.91 Å². The van der Waals surface area contributed by atoms with Crippen LogP contribution in [0.2, 0.25) is 0 Å². The van der Waals surface area contributed by atoms with Crippen molar-refractivity contribution in [1.29, 1.82) is 0 Å². The van der Waals surface area contributed by atoms with Gasteiger partial charge >= 0.3 is 0 Å². The van der Waals surface area contributed by atoms with Crippen LogP contribution in [0.3, 0.4) is 0 Å². The summed E-state index contributed by atoms with van der Waals surface area (Å²) in [5.74, 6) is 2.00. The summed E-state index contributed by atoms with van der Waals surface area (Å²) in [6, 6.07) is 7.70. The molecule has 0 atom stereocenters. The van der Waals surface area contributed by atoms with Crippen LogP contribution >= 0.6 is 0 Å². The van der Waals surface area contributed by atoms with Crippen molar-refractivity contribution in [2.75, 3.05) is 32.8 Å². The molecule has 1 aromatic carbocycles. The first-order valence-electron chi connectivity index (χ1n) is 8.09. The summed E-state index contributed by atoms with van der Waals surface area (Å²) in [4.78, 5) is 20.5. The smallest absolute Gasteiger partial charge is 0.260 e. The zero-order chi connectivity index (χ0) is 16.9. The molecule has 1 saturated heterocycles. The molecule has 0 N–H and O–H groups in total. The van der Waals surface area contributed by atoms with Crippen molar-refractivity contribution in [3.8, 4) is 5.75 Å². The minimum Gasteiger partial charge on any atom is -0.484 e. The Kier molecular flexibility index (Phi) is 5.10. The molecule has 0 saturated carbocycles. The van der Waals surface area contributed by atoms with Crippen molar-refractivity contribution in [3.05, 3.63) is 41.5 Å². The van der Waals surface area contributed by atoms with E-state index in [2.05, 4.69) is 15.0 Å². The van der Waals surface area contributed by atoms with Gasteiger partial charge in [0.05, 0.1) is 6.54 Å². The summed E-state index contributed by atoms with van der Waals surface area (Å²) in [5.41, 5.74) is 1.17. The Morgan fingerprint density at radius 2 is 1.88 bits per heavy atom. The molecule has 0 radical (unpaired) electrons. The van der Waals surface area contributed by atoms with Gasteiger partial charge in [-0.3, -0.25) is 9.69 Å². The van der Waals surface area contributed by atoms with Gasteiger partial charge in [0.2, 0.25) is 5.89 Å². The van der Waals surface area contributed by atoms with Crippen LogP contribution in [0, 0.1) is 13.8 Å².